The van der Waals surface area contributed by atoms with Crippen LogP contribution in [-0.4, -0.2) is 30.4 Å². The van der Waals surface area contributed by atoms with Crippen LogP contribution in [0.3, 0.4) is 0 Å². The van der Waals surface area contributed by atoms with Gasteiger partial charge in [0.25, 0.3) is 0 Å². The minimum absolute atomic E-state index is 0.265. The number of esters is 1. The summed E-state index contributed by atoms with van der Waals surface area (Å²) in [6.45, 7) is 2.96. The minimum Gasteiger partial charge on any atom is -0.496 e. The number of ether oxygens (including phenoxy) is 2. The predicted molar refractivity (Wildman–Crippen MR) is 41.3 cm³/mol. The van der Waals surface area contributed by atoms with Gasteiger partial charge in [-0.2, -0.15) is 0 Å². The first-order valence-corrected chi connectivity index (χ1v) is 3.64. The molecule has 0 amide bonds. The van der Waals surface area contributed by atoms with E-state index in [0.29, 0.717) is 11.3 Å². The molecule has 0 aliphatic carbocycles. The van der Waals surface area contributed by atoms with Gasteiger partial charge in [-0.1, -0.05) is 0 Å². The smallest absolute Gasteiger partial charge is 0.338 e. The van der Waals surface area contributed by atoms with E-state index in [-0.39, 0.29) is 6.61 Å². The van der Waals surface area contributed by atoms with Crippen LogP contribution in [0.1, 0.15) is 13.8 Å². The normalized spacial score (nSPS) is 29.2. The Morgan fingerprint density at radius 2 is 2.25 bits per heavy atom. The van der Waals surface area contributed by atoms with Crippen molar-refractivity contribution in [3.63, 3.8) is 0 Å². The van der Waals surface area contributed by atoms with Gasteiger partial charge in [0.2, 0.25) is 0 Å². The van der Waals surface area contributed by atoms with Crippen LogP contribution in [-0.2, 0) is 14.3 Å². The highest BCUT2D eigenvalue weighted by molar-refractivity contribution is 5.91. The summed E-state index contributed by atoms with van der Waals surface area (Å²) in [5, 5.41) is 8.97. The Morgan fingerprint density at radius 1 is 1.67 bits per heavy atom. The van der Waals surface area contributed by atoms with Crippen molar-refractivity contribution in [3.05, 3.63) is 11.3 Å². The number of aliphatic hydroxyl groups is 1. The first-order valence-electron chi connectivity index (χ1n) is 3.64. The van der Waals surface area contributed by atoms with E-state index in [1.807, 2.05) is 0 Å². The molecule has 4 heteroatoms. The second-order valence-electron chi connectivity index (χ2n) is 2.94. The molecule has 1 heterocycles. The van der Waals surface area contributed by atoms with Crippen molar-refractivity contribution < 1.29 is 19.4 Å². The van der Waals surface area contributed by atoms with E-state index in [4.69, 9.17) is 14.6 Å². The largest absolute Gasteiger partial charge is 0.496 e. The van der Waals surface area contributed by atoms with Crippen LogP contribution in [0.5, 0.6) is 0 Å². The number of aliphatic hydroxyl groups excluding tert-OH is 1. The van der Waals surface area contributed by atoms with Crippen LogP contribution in [0.2, 0.25) is 0 Å². The van der Waals surface area contributed by atoms with E-state index >= 15 is 0 Å². The molecule has 0 fully saturated rings. The Morgan fingerprint density at radius 3 is 2.58 bits per heavy atom. The van der Waals surface area contributed by atoms with E-state index in [1.165, 1.54) is 7.11 Å². The van der Waals surface area contributed by atoms with E-state index in [2.05, 4.69) is 0 Å². The van der Waals surface area contributed by atoms with Crippen molar-refractivity contribution in [3.8, 4) is 0 Å². The first kappa shape index (κ1) is 9.06. The standard InChI is InChI=1S/C8H12O4/c1-5-6(11-3)8(2,4-9)12-7(5)10/h9H,4H2,1-3H3/t8-/m0/s1. The van der Waals surface area contributed by atoms with Gasteiger partial charge in [0, 0.05) is 0 Å². The molecule has 1 rings (SSSR count). The molecule has 0 unspecified atom stereocenters. The Kier molecular flexibility index (Phi) is 2.10. The van der Waals surface area contributed by atoms with Crippen molar-refractivity contribution in [2.45, 2.75) is 19.4 Å². The predicted octanol–water partition coefficient (Wildman–Crippen LogP) is 0.215. The molecular formula is C8H12O4. The van der Waals surface area contributed by atoms with Crippen molar-refractivity contribution in [1.29, 1.82) is 0 Å². The van der Waals surface area contributed by atoms with Crippen molar-refractivity contribution in [2.24, 2.45) is 0 Å². The summed E-state index contributed by atoms with van der Waals surface area (Å²) in [7, 11) is 1.45. The number of hydrogen-bond acceptors (Lipinski definition) is 4. The fraction of sp³-hybridized carbons (Fsp3) is 0.625. The molecular weight excluding hydrogens is 160 g/mol. The maximum Gasteiger partial charge on any atom is 0.338 e. The van der Waals surface area contributed by atoms with E-state index in [0.717, 1.165) is 0 Å². The molecule has 1 aliphatic rings. The van der Waals surface area contributed by atoms with Crippen LogP contribution in [0.25, 0.3) is 0 Å². The maximum atomic E-state index is 11.0. The zero-order valence-corrected chi connectivity index (χ0v) is 7.38. The molecule has 0 spiro atoms. The fourth-order valence-corrected chi connectivity index (χ4v) is 1.29. The van der Waals surface area contributed by atoms with Crippen LogP contribution in [0, 0.1) is 0 Å². The molecule has 0 aromatic carbocycles. The Hall–Kier alpha value is -1.03. The highest BCUT2D eigenvalue weighted by Gasteiger charge is 2.43. The lowest BCUT2D eigenvalue weighted by Crippen LogP contribution is -2.33. The Balaban J connectivity index is 3.06. The minimum atomic E-state index is -0.990. The lowest BCUT2D eigenvalue weighted by molar-refractivity contribution is -0.150. The van der Waals surface area contributed by atoms with Gasteiger partial charge in [-0.25, -0.2) is 4.79 Å². The third-order valence-electron chi connectivity index (χ3n) is 1.95. The van der Waals surface area contributed by atoms with Gasteiger partial charge in [0.1, 0.15) is 0 Å². The summed E-state index contributed by atoms with van der Waals surface area (Å²) < 4.78 is 9.90. The Bertz CT molecular complexity index is 243. The number of rotatable bonds is 2. The SMILES string of the molecule is COC1=C(C)C(=O)O[C@@]1(C)CO. The zero-order chi connectivity index (χ0) is 9.35. The molecule has 68 valence electrons. The lowest BCUT2D eigenvalue weighted by atomic mass is 10.0. The van der Waals surface area contributed by atoms with Gasteiger partial charge in [-0.05, 0) is 13.8 Å². The number of methoxy groups -OCH3 is 1. The zero-order valence-electron chi connectivity index (χ0n) is 7.38. The molecule has 12 heavy (non-hydrogen) atoms. The molecule has 1 atom stereocenters. The van der Waals surface area contributed by atoms with E-state index < -0.39 is 11.6 Å². The van der Waals surface area contributed by atoms with E-state index in [9.17, 15) is 4.79 Å². The molecule has 1 aliphatic heterocycles. The molecule has 4 nitrogen and oxygen atoms in total. The maximum absolute atomic E-state index is 11.0. The second-order valence-corrected chi connectivity index (χ2v) is 2.94. The summed E-state index contributed by atoms with van der Waals surface area (Å²) in [6, 6.07) is 0. The summed E-state index contributed by atoms with van der Waals surface area (Å²) in [5.41, 5.74) is -0.565. The van der Waals surface area contributed by atoms with Crippen molar-refractivity contribution in [1.82, 2.24) is 0 Å². The molecule has 0 aromatic rings. The third-order valence-corrected chi connectivity index (χ3v) is 1.95. The number of cyclic esters (lactones) is 1. The topological polar surface area (TPSA) is 55.8 Å². The summed E-state index contributed by atoms with van der Waals surface area (Å²) in [5.74, 6) is -0.0154. The van der Waals surface area contributed by atoms with Crippen LogP contribution >= 0.6 is 0 Å². The van der Waals surface area contributed by atoms with Crippen LogP contribution in [0.4, 0.5) is 0 Å². The Labute approximate surface area is 70.8 Å². The highest BCUT2D eigenvalue weighted by Crippen LogP contribution is 2.32. The average Bonchev–Trinajstić information content (AvgIpc) is 2.25. The van der Waals surface area contributed by atoms with Gasteiger partial charge in [0.15, 0.2) is 11.4 Å². The lowest BCUT2D eigenvalue weighted by Gasteiger charge is -2.22. The summed E-state index contributed by atoms with van der Waals surface area (Å²) in [6.07, 6.45) is 0. The number of hydrogen-bond donors (Lipinski definition) is 1. The second kappa shape index (κ2) is 2.79. The average molecular weight is 172 g/mol. The monoisotopic (exact) mass is 172 g/mol. The van der Waals surface area contributed by atoms with E-state index in [1.54, 1.807) is 13.8 Å². The molecule has 0 bridgehead atoms. The molecule has 1 N–H and O–H groups in total. The van der Waals surface area contributed by atoms with Crippen molar-refractivity contribution in [2.75, 3.05) is 13.7 Å². The van der Waals surface area contributed by atoms with Crippen LogP contribution < -0.4 is 0 Å². The van der Waals surface area contributed by atoms with Gasteiger partial charge in [-0.15, -0.1) is 0 Å². The quantitative estimate of drug-likeness (QED) is 0.605. The number of carbonyl (C=O) groups is 1. The molecule has 0 radical (unpaired) electrons. The molecule has 0 saturated carbocycles. The van der Waals surface area contributed by atoms with Gasteiger partial charge >= 0.3 is 5.97 Å². The van der Waals surface area contributed by atoms with Crippen molar-refractivity contribution >= 4 is 5.97 Å². The summed E-state index contributed by atoms with van der Waals surface area (Å²) in [4.78, 5) is 11.0. The summed E-state index contributed by atoms with van der Waals surface area (Å²) >= 11 is 0. The first-order chi connectivity index (χ1) is 5.55. The van der Waals surface area contributed by atoms with Gasteiger partial charge in [0.05, 0.1) is 19.3 Å². The highest BCUT2D eigenvalue weighted by atomic mass is 16.6. The molecule has 0 aromatic heterocycles. The fourth-order valence-electron chi connectivity index (χ4n) is 1.29. The van der Waals surface area contributed by atoms with Crippen LogP contribution in [0.15, 0.2) is 11.3 Å². The molecule has 0 saturated heterocycles. The third kappa shape index (κ3) is 1.08. The van der Waals surface area contributed by atoms with Gasteiger partial charge in [-0.3, -0.25) is 0 Å². The van der Waals surface area contributed by atoms with Gasteiger partial charge < -0.3 is 14.6 Å². The number of carbonyl (C=O) groups excluding carboxylic acids is 1.